The molecule has 0 aliphatic rings. The normalized spacial score (nSPS) is 11.3. The first-order chi connectivity index (χ1) is 16.3. The summed E-state index contributed by atoms with van der Waals surface area (Å²) in [5, 5.41) is 20.2. The zero-order chi connectivity index (χ0) is 24.2. The molecule has 34 heavy (non-hydrogen) atoms. The van der Waals surface area contributed by atoms with E-state index in [4.69, 9.17) is 17.3 Å². The summed E-state index contributed by atoms with van der Waals surface area (Å²) in [5.74, 6) is -0.0129. The Morgan fingerprint density at radius 3 is 2.56 bits per heavy atom. The number of hydrogen-bond donors (Lipinski definition) is 2. The molecule has 0 saturated carbocycles. The molecule has 0 aliphatic carbocycles. The number of aryl methyl sites for hydroxylation is 3. The highest BCUT2D eigenvalue weighted by molar-refractivity contribution is 7.98. The van der Waals surface area contributed by atoms with Gasteiger partial charge in [-0.25, -0.2) is 10.1 Å². The van der Waals surface area contributed by atoms with Crippen molar-refractivity contribution in [3.05, 3.63) is 75.1 Å². The van der Waals surface area contributed by atoms with Crippen molar-refractivity contribution in [2.75, 3.05) is 5.73 Å². The fraction of sp³-hybridized carbons (Fsp3) is 0.182. The average Bonchev–Trinajstić information content (AvgIpc) is 3.40. The molecule has 2 aromatic heterocycles. The van der Waals surface area contributed by atoms with Crippen LogP contribution in [0, 0.1) is 20.8 Å². The predicted molar refractivity (Wildman–Crippen MR) is 130 cm³/mol. The molecule has 0 bridgehead atoms. The SMILES string of the molecule is Cc1cc(C)c(/C=N\NC(=O)c2nnn(-c3nonc3N)c2CSc2ccc(Cl)cc2)c(C)c1. The Kier molecular flexibility index (Phi) is 6.94. The summed E-state index contributed by atoms with van der Waals surface area (Å²) >= 11 is 7.43. The van der Waals surface area contributed by atoms with Crippen LogP contribution >= 0.6 is 23.4 Å². The number of carbonyl (C=O) groups excluding carboxylic acids is 1. The van der Waals surface area contributed by atoms with E-state index < -0.39 is 5.91 Å². The van der Waals surface area contributed by atoms with Crippen LogP contribution in [-0.4, -0.2) is 37.4 Å². The van der Waals surface area contributed by atoms with Crippen molar-refractivity contribution >= 4 is 41.3 Å². The minimum Gasteiger partial charge on any atom is -0.378 e. The molecule has 0 fully saturated rings. The van der Waals surface area contributed by atoms with Crippen LogP contribution in [0.5, 0.6) is 0 Å². The highest BCUT2D eigenvalue weighted by atomic mass is 35.5. The highest BCUT2D eigenvalue weighted by Crippen LogP contribution is 2.27. The van der Waals surface area contributed by atoms with Gasteiger partial charge < -0.3 is 5.73 Å². The van der Waals surface area contributed by atoms with Crippen molar-refractivity contribution in [1.82, 2.24) is 30.7 Å². The van der Waals surface area contributed by atoms with Gasteiger partial charge in [-0.15, -0.1) is 16.9 Å². The third kappa shape index (κ3) is 5.10. The van der Waals surface area contributed by atoms with Gasteiger partial charge in [-0.3, -0.25) is 4.79 Å². The van der Waals surface area contributed by atoms with Crippen LogP contribution in [0.4, 0.5) is 5.82 Å². The second-order valence-corrected chi connectivity index (χ2v) is 9.01. The largest absolute Gasteiger partial charge is 0.378 e. The molecule has 2 heterocycles. The van der Waals surface area contributed by atoms with E-state index in [1.807, 2.05) is 32.9 Å². The molecule has 10 nitrogen and oxygen atoms in total. The first-order valence-corrected chi connectivity index (χ1v) is 11.5. The smallest absolute Gasteiger partial charge is 0.293 e. The van der Waals surface area contributed by atoms with Gasteiger partial charge in [0, 0.05) is 21.2 Å². The number of aromatic nitrogens is 5. The Hall–Kier alpha value is -3.70. The van der Waals surface area contributed by atoms with Crippen LogP contribution in [0.2, 0.25) is 5.02 Å². The molecule has 0 atom stereocenters. The van der Waals surface area contributed by atoms with Gasteiger partial charge >= 0.3 is 0 Å². The van der Waals surface area contributed by atoms with Crippen LogP contribution in [0.15, 0.2) is 51.0 Å². The molecule has 0 radical (unpaired) electrons. The third-order valence-corrected chi connectivity index (χ3v) is 6.24. The summed E-state index contributed by atoms with van der Waals surface area (Å²) in [6.07, 6.45) is 1.62. The van der Waals surface area contributed by atoms with Gasteiger partial charge in [-0.05, 0) is 66.5 Å². The molecule has 0 saturated heterocycles. The van der Waals surface area contributed by atoms with Gasteiger partial charge in [0.05, 0.1) is 11.9 Å². The molecule has 1 amide bonds. The lowest BCUT2D eigenvalue weighted by Crippen LogP contribution is -2.20. The van der Waals surface area contributed by atoms with Crippen LogP contribution in [0.25, 0.3) is 5.82 Å². The Morgan fingerprint density at radius 2 is 1.91 bits per heavy atom. The standard InChI is InChI=1S/C22H21ClN8O2S/c1-12-8-13(2)17(14(3)9-12)10-25-27-22(32)19-18(11-34-16-6-4-15(23)5-7-16)31(30-26-19)21-20(24)28-33-29-21/h4-10H,11H2,1-3H3,(H2,24,28)(H,27,32)/b25-10-. The number of hydrogen-bond acceptors (Lipinski definition) is 9. The first-order valence-electron chi connectivity index (χ1n) is 10.2. The molecule has 12 heteroatoms. The maximum absolute atomic E-state index is 12.9. The number of nitrogens with two attached hydrogens (primary N) is 1. The van der Waals surface area contributed by atoms with E-state index in [-0.39, 0.29) is 17.3 Å². The van der Waals surface area contributed by atoms with Crippen molar-refractivity contribution < 1.29 is 9.42 Å². The minimum atomic E-state index is -0.522. The van der Waals surface area contributed by atoms with E-state index in [1.54, 1.807) is 18.3 Å². The number of amides is 1. The number of nitrogen functional groups attached to an aromatic ring is 1. The number of benzene rings is 2. The molecule has 174 valence electrons. The van der Waals surface area contributed by atoms with Crippen LogP contribution in [0.3, 0.4) is 0 Å². The predicted octanol–water partition coefficient (Wildman–Crippen LogP) is 3.87. The topological polar surface area (TPSA) is 137 Å². The molecule has 0 unspecified atom stereocenters. The van der Waals surface area contributed by atoms with Crippen LogP contribution in [0.1, 0.15) is 38.4 Å². The fourth-order valence-corrected chi connectivity index (χ4v) is 4.42. The molecule has 0 aliphatic heterocycles. The quantitative estimate of drug-likeness (QED) is 0.223. The van der Waals surface area contributed by atoms with Gasteiger partial charge in [0.2, 0.25) is 11.6 Å². The zero-order valence-electron chi connectivity index (χ0n) is 18.6. The van der Waals surface area contributed by atoms with Gasteiger partial charge in [0.15, 0.2) is 5.69 Å². The van der Waals surface area contributed by atoms with Crippen molar-refractivity contribution in [2.45, 2.75) is 31.4 Å². The van der Waals surface area contributed by atoms with Crippen molar-refractivity contribution in [3.8, 4) is 5.82 Å². The van der Waals surface area contributed by atoms with E-state index in [2.05, 4.69) is 47.9 Å². The van der Waals surface area contributed by atoms with Crippen LogP contribution in [-0.2, 0) is 5.75 Å². The Bertz CT molecular complexity index is 1340. The summed E-state index contributed by atoms with van der Waals surface area (Å²) in [7, 11) is 0. The summed E-state index contributed by atoms with van der Waals surface area (Å²) < 4.78 is 6.02. The van der Waals surface area contributed by atoms with E-state index in [0.29, 0.717) is 16.5 Å². The number of nitrogens with zero attached hydrogens (tertiary/aromatic N) is 6. The third-order valence-electron chi connectivity index (χ3n) is 4.96. The van der Waals surface area contributed by atoms with E-state index in [9.17, 15) is 4.79 Å². The van der Waals surface area contributed by atoms with E-state index in [0.717, 1.165) is 27.1 Å². The van der Waals surface area contributed by atoms with E-state index in [1.165, 1.54) is 16.4 Å². The van der Waals surface area contributed by atoms with Crippen molar-refractivity contribution in [2.24, 2.45) is 5.10 Å². The molecule has 2 aromatic carbocycles. The van der Waals surface area contributed by atoms with Crippen molar-refractivity contribution in [3.63, 3.8) is 0 Å². The number of thioether (sulfide) groups is 1. The minimum absolute atomic E-state index is 0.0259. The van der Waals surface area contributed by atoms with E-state index >= 15 is 0 Å². The van der Waals surface area contributed by atoms with Crippen LogP contribution < -0.4 is 11.2 Å². The lowest BCUT2D eigenvalue weighted by molar-refractivity contribution is 0.0949. The average molecular weight is 497 g/mol. The number of hydrazone groups is 1. The Labute approximate surface area is 204 Å². The van der Waals surface area contributed by atoms with Gasteiger partial charge in [0.1, 0.15) is 0 Å². The summed E-state index contributed by atoms with van der Waals surface area (Å²) in [6.45, 7) is 6.03. The lowest BCUT2D eigenvalue weighted by Gasteiger charge is -2.07. The number of anilines is 1. The number of halogens is 1. The van der Waals surface area contributed by atoms with Crippen molar-refractivity contribution in [1.29, 1.82) is 0 Å². The second-order valence-electron chi connectivity index (χ2n) is 7.52. The molecule has 4 rings (SSSR count). The highest BCUT2D eigenvalue weighted by Gasteiger charge is 2.24. The summed E-state index contributed by atoms with van der Waals surface area (Å²) in [4.78, 5) is 13.9. The fourth-order valence-electron chi connectivity index (χ4n) is 3.40. The maximum atomic E-state index is 12.9. The van der Waals surface area contributed by atoms with Gasteiger partial charge in [-0.2, -0.15) is 9.78 Å². The van der Waals surface area contributed by atoms with Gasteiger partial charge in [0.25, 0.3) is 5.91 Å². The monoisotopic (exact) mass is 496 g/mol. The molecule has 3 N–H and O–H groups in total. The number of nitrogens with one attached hydrogen (secondary N) is 1. The Balaban J connectivity index is 1.59. The Morgan fingerprint density at radius 1 is 1.21 bits per heavy atom. The summed E-state index contributed by atoms with van der Waals surface area (Å²) in [6, 6.07) is 11.5. The first kappa shape index (κ1) is 23.5. The summed E-state index contributed by atoms with van der Waals surface area (Å²) in [5.41, 5.74) is 13.1. The second kappa shape index (κ2) is 10.1. The molecular weight excluding hydrogens is 476 g/mol. The number of rotatable bonds is 7. The molecule has 4 aromatic rings. The molecular formula is C22H21ClN8O2S. The maximum Gasteiger partial charge on any atom is 0.293 e. The zero-order valence-corrected chi connectivity index (χ0v) is 20.2. The lowest BCUT2D eigenvalue weighted by atomic mass is 10.0. The van der Waals surface area contributed by atoms with Gasteiger partial charge in [-0.1, -0.05) is 34.5 Å². The molecule has 0 spiro atoms. The number of carbonyl (C=O) groups is 1.